The van der Waals surface area contributed by atoms with Crippen LogP contribution in [0.25, 0.3) is 0 Å². The standard InChI is InChI=1S/C51H86O23/c1-20(19-66-45-39(61)37(59)34(56)29(16-52)69-45)8-13-51(65)21(2)32-28(74-51)15-27-25-7-6-23-14-24(9-11-49(23,4)26(25)10-12-50(27,32)5)68-48-44(73-46-40(62)36(58)33(55)22(3)67-46)42(64)43(31(18-54)71-48)72-47-41(63)38(60)35(57)30(17-53)70-47/h20-48,52-65H,6-19H2,1-5H3/t20-,21-,22-,23+,24-,25+,26-,27-,28-,29+,30+,31+,32-,33-,34+,35+,36+,37-,38-,39+,40+,41+,42-,43+,44+,45+,46-,47-,48+,49-,50-,51+/m0/s1. The summed E-state index contributed by atoms with van der Waals surface area (Å²) in [6.07, 6.45) is -22.7. The van der Waals surface area contributed by atoms with Gasteiger partial charge in [-0.3, -0.25) is 0 Å². The maximum atomic E-state index is 12.1. The maximum Gasteiger partial charge on any atom is 0.187 e. The zero-order valence-electron chi connectivity index (χ0n) is 43.1. The van der Waals surface area contributed by atoms with E-state index in [0.29, 0.717) is 43.4 Å². The molecule has 0 spiro atoms. The average molecular weight is 1070 g/mol. The molecule has 4 saturated carbocycles. The number of aliphatic hydroxyl groups is 14. The number of ether oxygens (including phenoxy) is 9. The van der Waals surface area contributed by atoms with E-state index in [4.69, 9.17) is 42.6 Å². The second-order valence-electron chi connectivity index (χ2n) is 24.3. The molecule has 0 aromatic rings. The van der Waals surface area contributed by atoms with Crippen molar-refractivity contribution in [1.82, 2.24) is 0 Å². The van der Waals surface area contributed by atoms with Crippen LogP contribution in [-0.4, -0.2) is 239 Å². The van der Waals surface area contributed by atoms with E-state index in [0.717, 1.165) is 38.5 Å². The van der Waals surface area contributed by atoms with Gasteiger partial charge < -0.3 is 114 Å². The molecule has 74 heavy (non-hydrogen) atoms. The molecule has 9 rings (SSSR count). The minimum absolute atomic E-state index is 0.0171. The van der Waals surface area contributed by atoms with Gasteiger partial charge in [0.25, 0.3) is 0 Å². The van der Waals surface area contributed by atoms with E-state index in [9.17, 15) is 71.5 Å². The van der Waals surface area contributed by atoms with Gasteiger partial charge in [0.2, 0.25) is 0 Å². The molecule has 0 amide bonds. The van der Waals surface area contributed by atoms with Crippen molar-refractivity contribution in [3.8, 4) is 0 Å². The first kappa shape index (κ1) is 57.8. The molecule has 23 nitrogen and oxygen atoms in total. The van der Waals surface area contributed by atoms with Crippen LogP contribution < -0.4 is 0 Å². The zero-order chi connectivity index (χ0) is 53.5. The second-order valence-corrected chi connectivity index (χ2v) is 24.3. The lowest BCUT2D eigenvalue weighted by Gasteiger charge is -2.61. The smallest absolute Gasteiger partial charge is 0.187 e. The lowest BCUT2D eigenvalue weighted by Crippen LogP contribution is -2.67. The summed E-state index contributed by atoms with van der Waals surface area (Å²) in [6, 6.07) is 0. The number of aliphatic hydroxyl groups excluding tert-OH is 13. The molecule has 9 aliphatic rings. The predicted octanol–water partition coefficient (Wildman–Crippen LogP) is -2.93. The Kier molecular flexibility index (Phi) is 17.6. The van der Waals surface area contributed by atoms with E-state index in [2.05, 4.69) is 20.8 Å². The first-order valence-electron chi connectivity index (χ1n) is 27.2. The van der Waals surface area contributed by atoms with Crippen molar-refractivity contribution >= 4 is 0 Å². The van der Waals surface area contributed by atoms with Crippen LogP contribution in [0, 0.1) is 52.3 Å². The second kappa shape index (κ2) is 22.6. The molecule has 5 aliphatic heterocycles. The molecule has 0 aromatic heterocycles. The van der Waals surface area contributed by atoms with Crippen molar-refractivity contribution in [1.29, 1.82) is 0 Å². The molecule has 0 unspecified atom stereocenters. The lowest BCUT2D eigenvalue weighted by atomic mass is 9.44. The fourth-order valence-electron chi connectivity index (χ4n) is 15.6. The van der Waals surface area contributed by atoms with Gasteiger partial charge in [-0.05, 0) is 111 Å². The quantitative estimate of drug-likeness (QED) is 0.0730. The van der Waals surface area contributed by atoms with Gasteiger partial charge in [0.05, 0.1) is 44.7 Å². The largest absolute Gasteiger partial charge is 0.394 e. The Morgan fingerprint density at radius 3 is 1.77 bits per heavy atom. The summed E-state index contributed by atoms with van der Waals surface area (Å²) in [5.41, 5.74) is -0.0583. The lowest BCUT2D eigenvalue weighted by molar-refractivity contribution is -0.390. The van der Waals surface area contributed by atoms with E-state index in [-0.39, 0.29) is 47.2 Å². The molecular formula is C51H86O23. The van der Waals surface area contributed by atoms with Crippen molar-refractivity contribution < 1.29 is 114 Å². The Bertz CT molecular complexity index is 1850. The number of hydrogen-bond acceptors (Lipinski definition) is 23. The van der Waals surface area contributed by atoms with Crippen LogP contribution in [0.2, 0.25) is 0 Å². The Balaban J connectivity index is 0.833. The summed E-state index contributed by atoms with van der Waals surface area (Å²) in [7, 11) is 0. The van der Waals surface area contributed by atoms with Gasteiger partial charge in [-0.1, -0.05) is 27.7 Å². The first-order valence-corrected chi connectivity index (χ1v) is 27.2. The third-order valence-electron chi connectivity index (χ3n) is 20.1. The number of fused-ring (bicyclic) bond motifs is 7. The Morgan fingerprint density at radius 2 is 1.12 bits per heavy atom. The Morgan fingerprint density at radius 1 is 0.554 bits per heavy atom. The van der Waals surface area contributed by atoms with E-state index in [1.54, 1.807) is 0 Å². The molecule has 0 radical (unpaired) electrons. The molecule has 4 aliphatic carbocycles. The van der Waals surface area contributed by atoms with Crippen molar-refractivity contribution in [2.75, 3.05) is 26.4 Å². The highest BCUT2D eigenvalue weighted by Gasteiger charge is 2.68. The van der Waals surface area contributed by atoms with Crippen molar-refractivity contribution in [3.63, 3.8) is 0 Å². The van der Waals surface area contributed by atoms with Crippen LogP contribution in [0.15, 0.2) is 0 Å². The molecule has 0 aromatic carbocycles. The summed E-state index contributed by atoms with van der Waals surface area (Å²) < 4.78 is 54.5. The van der Waals surface area contributed by atoms with Gasteiger partial charge in [-0.25, -0.2) is 0 Å². The van der Waals surface area contributed by atoms with Gasteiger partial charge >= 0.3 is 0 Å². The summed E-state index contributed by atoms with van der Waals surface area (Å²) in [5.74, 6) is 0.202. The minimum atomic E-state index is -1.85. The molecule has 9 fully saturated rings. The molecule has 5 saturated heterocycles. The Labute approximate surface area is 431 Å². The highest BCUT2D eigenvalue weighted by molar-refractivity contribution is 5.15. The molecule has 5 heterocycles. The number of rotatable bonds is 15. The van der Waals surface area contributed by atoms with Gasteiger partial charge in [0, 0.05) is 12.3 Å². The molecule has 0 bridgehead atoms. The topological polar surface area (TPSA) is 366 Å². The average Bonchev–Trinajstić information content (AvgIpc) is 3.82. The van der Waals surface area contributed by atoms with E-state index in [1.165, 1.54) is 6.92 Å². The fraction of sp³-hybridized carbons (Fsp3) is 1.00. The van der Waals surface area contributed by atoms with Crippen LogP contribution in [-0.2, 0) is 42.6 Å². The van der Waals surface area contributed by atoms with Crippen LogP contribution in [0.4, 0.5) is 0 Å². The summed E-state index contributed by atoms with van der Waals surface area (Å²) in [6.45, 7) is 8.49. The monoisotopic (exact) mass is 1070 g/mol. The molecule has 32 atom stereocenters. The van der Waals surface area contributed by atoms with E-state index >= 15 is 0 Å². The Hall–Kier alpha value is -0.920. The minimum Gasteiger partial charge on any atom is -0.394 e. The summed E-state index contributed by atoms with van der Waals surface area (Å²) >= 11 is 0. The normalized spacial score (nSPS) is 56.0. The van der Waals surface area contributed by atoms with Crippen LogP contribution in [0.1, 0.15) is 98.8 Å². The van der Waals surface area contributed by atoms with Gasteiger partial charge in [0.15, 0.2) is 30.9 Å². The highest BCUT2D eigenvalue weighted by atomic mass is 16.8. The van der Waals surface area contributed by atoms with Crippen LogP contribution in [0.3, 0.4) is 0 Å². The third-order valence-corrected chi connectivity index (χ3v) is 20.1. The molecule has 23 heteroatoms. The van der Waals surface area contributed by atoms with E-state index < -0.39 is 155 Å². The van der Waals surface area contributed by atoms with Crippen molar-refractivity contribution in [2.24, 2.45) is 52.3 Å². The van der Waals surface area contributed by atoms with Gasteiger partial charge in [-0.2, -0.15) is 0 Å². The molecule has 14 N–H and O–H groups in total. The van der Waals surface area contributed by atoms with E-state index in [1.807, 2.05) is 6.92 Å². The van der Waals surface area contributed by atoms with Crippen LogP contribution in [0.5, 0.6) is 0 Å². The third kappa shape index (κ3) is 10.3. The van der Waals surface area contributed by atoms with Gasteiger partial charge in [-0.15, -0.1) is 0 Å². The maximum absolute atomic E-state index is 12.1. The van der Waals surface area contributed by atoms with Crippen LogP contribution >= 0.6 is 0 Å². The SMILES string of the molecule is C[C@@H](CC[C@@]1(O)O[C@H]2C[C@H]3[C@@H]4CC[C@@H]5C[C@@H](O[C@@H]6O[C@H](CO)[C@@H](O[C@@H]7O[C@H](CO)[C@@H](O)[C@H](O)[C@H]7O)[C@H](O)[C@H]6O[C@@H]6O[C@@H](C)[C@H](O)[C@@H](O)[C@H]6O)CC[C@]5(C)[C@H]4CC[C@]3(C)[C@H]2[C@@H]1C)CO[C@@H]1O[C@H](CO)[C@@H](O)[C@H](O)[C@H]1O. The predicted molar refractivity (Wildman–Crippen MR) is 250 cm³/mol. The zero-order valence-corrected chi connectivity index (χ0v) is 43.1. The van der Waals surface area contributed by atoms with Crippen molar-refractivity contribution in [3.05, 3.63) is 0 Å². The molecular weight excluding hydrogens is 981 g/mol. The summed E-state index contributed by atoms with van der Waals surface area (Å²) in [4.78, 5) is 0. The van der Waals surface area contributed by atoms with Crippen molar-refractivity contribution in [2.45, 2.75) is 240 Å². The summed E-state index contributed by atoms with van der Waals surface area (Å²) in [5, 5.41) is 149. The number of hydrogen-bond donors (Lipinski definition) is 14. The molecule has 428 valence electrons. The fourth-order valence-corrected chi connectivity index (χ4v) is 15.6. The first-order chi connectivity index (χ1) is 35.0. The highest BCUT2D eigenvalue weighted by Crippen LogP contribution is 2.71. The van der Waals surface area contributed by atoms with Gasteiger partial charge in [0.1, 0.15) is 91.6 Å².